The Balaban J connectivity index is 1.93. The van der Waals surface area contributed by atoms with E-state index in [0.717, 1.165) is 25.2 Å². The molecule has 0 atom stereocenters. The van der Waals surface area contributed by atoms with E-state index in [0.29, 0.717) is 0 Å². The maximum atomic E-state index is 5.65. The maximum absolute atomic E-state index is 5.65. The predicted octanol–water partition coefficient (Wildman–Crippen LogP) is 3.78. The molecule has 0 saturated carbocycles. The molecule has 2 heteroatoms. The van der Waals surface area contributed by atoms with Crippen LogP contribution in [0, 0.1) is 0 Å². The van der Waals surface area contributed by atoms with Crippen LogP contribution in [0.5, 0.6) is 5.75 Å². The lowest BCUT2D eigenvalue weighted by molar-refractivity contribution is 0.288. The Bertz CT molecular complexity index is 536. The van der Waals surface area contributed by atoms with Crippen LogP contribution in [-0.4, -0.2) is 13.7 Å². The average molecular weight is 239 g/mol. The number of aryl methyl sites for hydroxylation is 1. The number of ether oxygens (including phenoxy) is 1. The summed E-state index contributed by atoms with van der Waals surface area (Å²) in [6.07, 6.45) is 2.23. The second-order valence-corrected chi connectivity index (χ2v) is 4.64. The average Bonchev–Trinajstić information content (AvgIpc) is 2.47. The van der Waals surface area contributed by atoms with Crippen molar-refractivity contribution in [3.8, 4) is 5.75 Å². The maximum Gasteiger partial charge on any atom is 0.122 e. The van der Waals surface area contributed by atoms with Gasteiger partial charge in [-0.05, 0) is 48.7 Å². The molecule has 2 aromatic carbocycles. The summed E-state index contributed by atoms with van der Waals surface area (Å²) in [6, 6.07) is 16.9. The fourth-order valence-corrected chi connectivity index (χ4v) is 2.36. The number of anilines is 2. The lowest BCUT2D eigenvalue weighted by atomic mass is 10.1. The zero-order valence-corrected chi connectivity index (χ0v) is 10.6. The Hall–Kier alpha value is -1.96. The normalized spacial score (nSPS) is 13.6. The minimum atomic E-state index is 0.848. The Morgan fingerprint density at radius 1 is 1.00 bits per heavy atom. The van der Waals surface area contributed by atoms with Gasteiger partial charge in [0.1, 0.15) is 5.75 Å². The molecule has 0 bridgehead atoms. The van der Waals surface area contributed by atoms with E-state index in [4.69, 9.17) is 4.74 Å². The first-order valence-electron chi connectivity index (χ1n) is 6.39. The van der Waals surface area contributed by atoms with Gasteiger partial charge in [-0.15, -0.1) is 0 Å². The van der Waals surface area contributed by atoms with Gasteiger partial charge in [-0.1, -0.05) is 18.2 Å². The molecule has 0 unspecified atom stereocenters. The molecule has 92 valence electrons. The molecule has 0 aliphatic carbocycles. The highest BCUT2D eigenvalue weighted by molar-refractivity contribution is 5.64. The second kappa shape index (κ2) is 4.73. The minimum absolute atomic E-state index is 0.848. The summed E-state index contributed by atoms with van der Waals surface area (Å²) in [7, 11) is 2.10. The third-order valence-electron chi connectivity index (χ3n) is 3.42. The van der Waals surface area contributed by atoms with Crippen LogP contribution < -0.4 is 9.64 Å². The van der Waals surface area contributed by atoms with Crippen molar-refractivity contribution in [2.45, 2.75) is 12.8 Å². The second-order valence-electron chi connectivity index (χ2n) is 4.64. The third kappa shape index (κ3) is 2.06. The standard InChI is InChI=1S/C16H17NO/c1-17(14-7-3-2-4-8-14)15-9-10-16-13(12-15)6-5-11-18-16/h2-4,7-10,12H,5-6,11H2,1H3. The van der Waals surface area contributed by atoms with E-state index >= 15 is 0 Å². The van der Waals surface area contributed by atoms with E-state index < -0.39 is 0 Å². The zero-order chi connectivity index (χ0) is 12.4. The van der Waals surface area contributed by atoms with Gasteiger partial charge in [0.25, 0.3) is 0 Å². The summed E-state index contributed by atoms with van der Waals surface area (Å²) in [6.45, 7) is 0.848. The smallest absolute Gasteiger partial charge is 0.122 e. The quantitative estimate of drug-likeness (QED) is 0.790. The van der Waals surface area contributed by atoms with Gasteiger partial charge >= 0.3 is 0 Å². The summed E-state index contributed by atoms with van der Waals surface area (Å²) in [4.78, 5) is 2.20. The Labute approximate surface area is 108 Å². The van der Waals surface area contributed by atoms with Crippen LogP contribution in [0.4, 0.5) is 11.4 Å². The number of nitrogens with zero attached hydrogens (tertiary/aromatic N) is 1. The van der Waals surface area contributed by atoms with E-state index in [9.17, 15) is 0 Å². The summed E-state index contributed by atoms with van der Waals surface area (Å²) < 4.78 is 5.65. The van der Waals surface area contributed by atoms with Crippen molar-refractivity contribution in [1.82, 2.24) is 0 Å². The van der Waals surface area contributed by atoms with Crippen LogP contribution in [-0.2, 0) is 6.42 Å². The van der Waals surface area contributed by atoms with Crippen LogP contribution in [0.15, 0.2) is 48.5 Å². The molecule has 3 rings (SSSR count). The van der Waals surface area contributed by atoms with Crippen LogP contribution >= 0.6 is 0 Å². The Morgan fingerprint density at radius 3 is 2.67 bits per heavy atom. The minimum Gasteiger partial charge on any atom is -0.493 e. The summed E-state index contributed by atoms with van der Waals surface area (Å²) in [5.74, 6) is 1.05. The van der Waals surface area contributed by atoms with Gasteiger partial charge in [0.15, 0.2) is 0 Å². The largest absolute Gasteiger partial charge is 0.493 e. The molecule has 2 aromatic rings. The number of rotatable bonds is 2. The van der Waals surface area contributed by atoms with Gasteiger partial charge in [0.2, 0.25) is 0 Å². The topological polar surface area (TPSA) is 12.5 Å². The fraction of sp³-hybridized carbons (Fsp3) is 0.250. The number of hydrogen-bond donors (Lipinski definition) is 0. The molecule has 0 aromatic heterocycles. The van der Waals surface area contributed by atoms with E-state index in [1.807, 2.05) is 6.07 Å². The highest BCUT2D eigenvalue weighted by atomic mass is 16.5. The van der Waals surface area contributed by atoms with Crippen molar-refractivity contribution < 1.29 is 4.74 Å². The molecular weight excluding hydrogens is 222 g/mol. The van der Waals surface area contributed by atoms with Gasteiger partial charge in [0, 0.05) is 18.4 Å². The molecule has 1 aliphatic rings. The van der Waals surface area contributed by atoms with E-state index in [1.54, 1.807) is 0 Å². The Kier molecular flexibility index (Phi) is 2.93. The molecule has 1 heterocycles. The predicted molar refractivity (Wildman–Crippen MR) is 74.8 cm³/mol. The summed E-state index contributed by atoms with van der Waals surface area (Å²) >= 11 is 0. The van der Waals surface area contributed by atoms with Gasteiger partial charge < -0.3 is 9.64 Å². The highest BCUT2D eigenvalue weighted by Crippen LogP contribution is 2.31. The number of fused-ring (bicyclic) bond motifs is 1. The van der Waals surface area contributed by atoms with Crippen molar-refractivity contribution in [1.29, 1.82) is 0 Å². The molecular formula is C16H17NO. The van der Waals surface area contributed by atoms with Crippen LogP contribution in [0.1, 0.15) is 12.0 Å². The van der Waals surface area contributed by atoms with Gasteiger partial charge in [-0.3, -0.25) is 0 Å². The molecule has 0 N–H and O–H groups in total. The number of benzene rings is 2. The lowest BCUT2D eigenvalue weighted by Gasteiger charge is -2.23. The van der Waals surface area contributed by atoms with Crippen LogP contribution in [0.2, 0.25) is 0 Å². The zero-order valence-electron chi connectivity index (χ0n) is 10.6. The summed E-state index contributed by atoms with van der Waals surface area (Å²) in [5, 5.41) is 0. The van der Waals surface area contributed by atoms with Gasteiger partial charge in [-0.25, -0.2) is 0 Å². The SMILES string of the molecule is CN(c1ccccc1)c1ccc2c(c1)CCCO2. The van der Waals surface area contributed by atoms with Crippen LogP contribution in [0.3, 0.4) is 0 Å². The van der Waals surface area contributed by atoms with Gasteiger partial charge in [0.05, 0.1) is 6.61 Å². The number of hydrogen-bond acceptors (Lipinski definition) is 2. The first-order valence-corrected chi connectivity index (χ1v) is 6.39. The lowest BCUT2D eigenvalue weighted by Crippen LogP contribution is -2.12. The summed E-state index contributed by atoms with van der Waals surface area (Å²) in [5.41, 5.74) is 3.74. The van der Waals surface area contributed by atoms with Gasteiger partial charge in [-0.2, -0.15) is 0 Å². The molecule has 0 radical (unpaired) electrons. The first-order chi connectivity index (χ1) is 8.84. The van der Waals surface area contributed by atoms with Crippen molar-refractivity contribution in [3.63, 3.8) is 0 Å². The molecule has 0 amide bonds. The third-order valence-corrected chi connectivity index (χ3v) is 3.42. The molecule has 0 fully saturated rings. The Morgan fingerprint density at radius 2 is 1.83 bits per heavy atom. The highest BCUT2D eigenvalue weighted by Gasteiger charge is 2.12. The van der Waals surface area contributed by atoms with Crippen molar-refractivity contribution in [3.05, 3.63) is 54.1 Å². The first kappa shape index (κ1) is 11.1. The molecule has 2 nitrogen and oxygen atoms in total. The van der Waals surface area contributed by atoms with Crippen LogP contribution in [0.25, 0.3) is 0 Å². The van der Waals surface area contributed by atoms with Crippen molar-refractivity contribution in [2.75, 3.05) is 18.6 Å². The molecule has 0 saturated heterocycles. The molecule has 18 heavy (non-hydrogen) atoms. The van der Waals surface area contributed by atoms with E-state index in [1.165, 1.54) is 16.9 Å². The van der Waals surface area contributed by atoms with Crippen molar-refractivity contribution in [2.24, 2.45) is 0 Å². The van der Waals surface area contributed by atoms with E-state index in [-0.39, 0.29) is 0 Å². The number of para-hydroxylation sites is 1. The fourth-order valence-electron chi connectivity index (χ4n) is 2.36. The van der Waals surface area contributed by atoms with E-state index in [2.05, 4.69) is 54.4 Å². The molecule has 1 aliphatic heterocycles. The van der Waals surface area contributed by atoms with Crippen molar-refractivity contribution >= 4 is 11.4 Å². The molecule has 0 spiro atoms. The monoisotopic (exact) mass is 239 g/mol.